The Morgan fingerprint density at radius 2 is 1.82 bits per heavy atom. The van der Waals surface area contributed by atoms with Gasteiger partial charge in [0, 0.05) is 49.0 Å². The molecule has 0 saturated carbocycles. The van der Waals surface area contributed by atoms with E-state index in [1.807, 2.05) is 30.5 Å². The van der Waals surface area contributed by atoms with Crippen molar-refractivity contribution in [2.24, 2.45) is 0 Å². The summed E-state index contributed by atoms with van der Waals surface area (Å²) in [6.45, 7) is 4.11. The lowest BCUT2D eigenvalue weighted by Crippen LogP contribution is -2.44. The van der Waals surface area contributed by atoms with Gasteiger partial charge in [-0.3, -0.25) is 0 Å². The number of fused-ring (bicyclic) bond motifs is 1. The largest absolute Gasteiger partial charge is 0.494 e. The number of ether oxygens (including phenoxy) is 1. The molecule has 1 aliphatic heterocycles. The molecule has 1 aliphatic rings. The number of methoxy groups -OCH3 is 1. The van der Waals surface area contributed by atoms with E-state index in [9.17, 15) is 0 Å². The van der Waals surface area contributed by atoms with Crippen LogP contribution in [0.4, 0.5) is 23.1 Å². The molecule has 0 spiro atoms. The molecule has 5 rings (SSSR count). The third-order valence-electron chi connectivity index (χ3n) is 6.20. The van der Waals surface area contributed by atoms with Gasteiger partial charge in [0.05, 0.1) is 24.0 Å². The van der Waals surface area contributed by atoms with Gasteiger partial charge in [-0.25, -0.2) is 4.98 Å². The summed E-state index contributed by atoms with van der Waals surface area (Å²) < 4.78 is 7.90. The van der Waals surface area contributed by atoms with Gasteiger partial charge in [0.1, 0.15) is 11.3 Å². The fraction of sp³-hybridized carbons (Fsp3) is 0.280. The Kier molecular flexibility index (Phi) is 6.21. The highest BCUT2D eigenvalue weighted by Crippen LogP contribution is 2.35. The molecule has 34 heavy (non-hydrogen) atoms. The minimum atomic E-state index is 0.228. The van der Waals surface area contributed by atoms with Gasteiger partial charge in [0.25, 0.3) is 0 Å². The molecule has 0 atom stereocenters. The number of hydrogen-bond donors (Lipinski definition) is 2. The normalized spacial score (nSPS) is 14.5. The molecule has 176 valence electrons. The van der Waals surface area contributed by atoms with Gasteiger partial charge in [0.15, 0.2) is 5.82 Å². The van der Waals surface area contributed by atoms with Gasteiger partial charge in [-0.05, 0) is 43.6 Å². The predicted octanol–water partition coefficient (Wildman–Crippen LogP) is 4.23. The molecule has 3 heterocycles. The van der Waals surface area contributed by atoms with Crippen molar-refractivity contribution >= 4 is 45.9 Å². The van der Waals surface area contributed by atoms with Crippen LogP contribution in [-0.4, -0.2) is 66.0 Å². The topological polar surface area (TPSA) is 84.5 Å². The van der Waals surface area contributed by atoms with Gasteiger partial charge in [0.2, 0.25) is 5.95 Å². The molecule has 4 aromatic rings. The maximum atomic E-state index is 6.05. The smallest absolute Gasteiger partial charge is 0.222 e. The molecule has 8 nitrogen and oxygen atoms in total. The maximum Gasteiger partial charge on any atom is 0.222 e. The Morgan fingerprint density at radius 1 is 1.03 bits per heavy atom. The van der Waals surface area contributed by atoms with Crippen LogP contribution in [0.2, 0.25) is 0 Å². The summed E-state index contributed by atoms with van der Waals surface area (Å²) in [4.78, 5) is 14.9. The van der Waals surface area contributed by atoms with Crippen LogP contribution in [0, 0.1) is 0 Å². The minimum Gasteiger partial charge on any atom is -0.494 e. The molecule has 9 heteroatoms. The quantitative estimate of drug-likeness (QED) is 0.401. The highest BCUT2D eigenvalue weighted by atomic mass is 32.2. The molecule has 1 fully saturated rings. The summed E-state index contributed by atoms with van der Waals surface area (Å²) in [5.41, 5.74) is 10.7. The van der Waals surface area contributed by atoms with Crippen molar-refractivity contribution in [2.75, 3.05) is 62.5 Å². The SMILES string of the molecule is COc1cc(N2CCN(C)CC2)ccc1-n1ccc2nc(N)nc(Nc3ccccc3SC)c21. The van der Waals surface area contributed by atoms with E-state index in [1.165, 1.54) is 0 Å². The standard InChI is InChI=1S/C25H29N7OS/c1-30-12-14-31(15-13-30)17-8-9-20(21(16-17)33-2)32-11-10-19-23(32)24(29-25(26)28-19)27-18-6-4-5-7-22(18)34-3/h4-11,16H,12-15H2,1-3H3,(H3,26,27,28,29). The van der Waals surface area contributed by atoms with Gasteiger partial charge in [-0.2, -0.15) is 4.98 Å². The molecule has 2 aromatic carbocycles. The van der Waals surface area contributed by atoms with Crippen LogP contribution < -0.4 is 20.7 Å². The molecule has 1 saturated heterocycles. The second-order valence-corrected chi connectivity index (χ2v) is 9.17. The summed E-state index contributed by atoms with van der Waals surface area (Å²) in [5.74, 6) is 1.67. The van der Waals surface area contributed by atoms with E-state index in [0.29, 0.717) is 5.82 Å². The Labute approximate surface area is 203 Å². The van der Waals surface area contributed by atoms with Crippen LogP contribution in [0.1, 0.15) is 0 Å². The number of thioether (sulfide) groups is 1. The van der Waals surface area contributed by atoms with Crippen LogP contribution in [0.5, 0.6) is 5.75 Å². The summed E-state index contributed by atoms with van der Waals surface area (Å²) >= 11 is 1.68. The number of rotatable bonds is 6. The molecule has 0 radical (unpaired) electrons. The summed E-state index contributed by atoms with van der Waals surface area (Å²) in [7, 11) is 3.87. The number of benzene rings is 2. The number of nitrogens with two attached hydrogens (primary N) is 1. The van der Waals surface area contributed by atoms with E-state index in [0.717, 1.165) is 64.9 Å². The second-order valence-electron chi connectivity index (χ2n) is 8.32. The number of nitrogen functional groups attached to an aromatic ring is 1. The first-order valence-corrected chi connectivity index (χ1v) is 12.5. The van der Waals surface area contributed by atoms with Crippen LogP contribution in [0.3, 0.4) is 0 Å². The molecular formula is C25H29N7OS. The Hall–Kier alpha value is -3.43. The van der Waals surface area contributed by atoms with Crippen molar-refractivity contribution in [1.29, 1.82) is 0 Å². The number of para-hydroxylation sites is 1. The first-order valence-electron chi connectivity index (χ1n) is 11.2. The highest BCUT2D eigenvalue weighted by Gasteiger charge is 2.19. The van der Waals surface area contributed by atoms with Crippen LogP contribution >= 0.6 is 11.8 Å². The first kappa shape index (κ1) is 22.4. The van der Waals surface area contributed by atoms with Gasteiger partial charge < -0.3 is 30.2 Å². The van der Waals surface area contributed by atoms with E-state index in [2.05, 4.69) is 67.2 Å². The van der Waals surface area contributed by atoms with E-state index >= 15 is 0 Å². The van der Waals surface area contributed by atoms with Crippen molar-refractivity contribution < 1.29 is 4.74 Å². The monoisotopic (exact) mass is 475 g/mol. The van der Waals surface area contributed by atoms with E-state index in [4.69, 9.17) is 10.5 Å². The minimum absolute atomic E-state index is 0.228. The Morgan fingerprint density at radius 3 is 2.59 bits per heavy atom. The number of nitrogens with one attached hydrogen (secondary N) is 1. The van der Waals surface area contributed by atoms with Crippen molar-refractivity contribution in [2.45, 2.75) is 4.90 Å². The first-order chi connectivity index (χ1) is 16.6. The number of aromatic nitrogens is 3. The third kappa shape index (κ3) is 4.24. The molecule has 2 aromatic heterocycles. The van der Waals surface area contributed by atoms with Crippen molar-refractivity contribution in [3.8, 4) is 11.4 Å². The van der Waals surface area contributed by atoms with E-state index < -0.39 is 0 Å². The maximum absolute atomic E-state index is 6.05. The zero-order valence-electron chi connectivity index (χ0n) is 19.7. The van der Waals surface area contributed by atoms with Crippen LogP contribution in [0.15, 0.2) is 59.6 Å². The third-order valence-corrected chi connectivity index (χ3v) is 7.00. The van der Waals surface area contributed by atoms with E-state index in [1.54, 1.807) is 18.9 Å². The molecular weight excluding hydrogens is 446 g/mol. The summed E-state index contributed by atoms with van der Waals surface area (Å²) in [6, 6.07) is 16.5. The van der Waals surface area contributed by atoms with E-state index in [-0.39, 0.29) is 5.95 Å². The Bertz CT molecular complexity index is 1310. The lowest BCUT2D eigenvalue weighted by Gasteiger charge is -2.34. The fourth-order valence-electron chi connectivity index (χ4n) is 4.35. The fourth-order valence-corrected chi connectivity index (χ4v) is 4.91. The van der Waals surface area contributed by atoms with Crippen LogP contribution in [0.25, 0.3) is 16.7 Å². The number of piperazine rings is 1. The summed E-state index contributed by atoms with van der Waals surface area (Å²) in [6.07, 6.45) is 4.04. The average Bonchev–Trinajstić information content (AvgIpc) is 3.28. The molecule has 0 bridgehead atoms. The second kappa shape index (κ2) is 9.44. The summed E-state index contributed by atoms with van der Waals surface area (Å²) in [5, 5.41) is 3.48. The number of likely N-dealkylation sites (N-methyl/N-ethyl adjacent to an activating group) is 1. The number of anilines is 4. The van der Waals surface area contributed by atoms with Crippen molar-refractivity contribution in [3.05, 3.63) is 54.7 Å². The molecule has 0 unspecified atom stereocenters. The predicted molar refractivity (Wildman–Crippen MR) is 141 cm³/mol. The average molecular weight is 476 g/mol. The van der Waals surface area contributed by atoms with Crippen molar-refractivity contribution in [1.82, 2.24) is 19.4 Å². The lowest BCUT2D eigenvalue weighted by atomic mass is 10.2. The van der Waals surface area contributed by atoms with Gasteiger partial charge in [-0.15, -0.1) is 11.8 Å². The van der Waals surface area contributed by atoms with Crippen LogP contribution in [-0.2, 0) is 0 Å². The van der Waals surface area contributed by atoms with Gasteiger partial charge in [-0.1, -0.05) is 12.1 Å². The highest BCUT2D eigenvalue weighted by molar-refractivity contribution is 7.98. The Balaban J connectivity index is 1.58. The number of hydrogen-bond acceptors (Lipinski definition) is 8. The zero-order valence-corrected chi connectivity index (χ0v) is 20.5. The number of nitrogens with zero attached hydrogens (tertiary/aromatic N) is 5. The molecule has 0 amide bonds. The molecule has 0 aliphatic carbocycles. The van der Waals surface area contributed by atoms with Gasteiger partial charge >= 0.3 is 0 Å². The molecule has 3 N–H and O–H groups in total. The zero-order chi connectivity index (χ0) is 23.7. The lowest BCUT2D eigenvalue weighted by molar-refractivity contribution is 0.312. The van der Waals surface area contributed by atoms with Crippen molar-refractivity contribution in [3.63, 3.8) is 0 Å².